The van der Waals surface area contributed by atoms with Crippen LogP contribution >= 0.6 is 0 Å². The monoisotopic (exact) mass is 328 g/mol. The molecule has 0 unspecified atom stereocenters. The molecule has 0 aliphatic rings. The summed E-state index contributed by atoms with van der Waals surface area (Å²) in [4.78, 5) is 12.8. The molecule has 0 aliphatic carbocycles. The van der Waals surface area contributed by atoms with Crippen LogP contribution in [0.1, 0.15) is 16.8 Å². The molecular weight excluding hydrogens is 308 g/mol. The second-order valence-electron chi connectivity index (χ2n) is 6.42. The predicted molar refractivity (Wildman–Crippen MR) is 103 cm³/mol. The lowest BCUT2D eigenvalue weighted by atomic mass is 10.1. The molecule has 4 heteroatoms. The number of aromatic nitrogens is 3. The van der Waals surface area contributed by atoms with Crippen LogP contribution in [0.4, 0.5) is 11.5 Å². The van der Waals surface area contributed by atoms with E-state index in [4.69, 9.17) is 9.97 Å². The molecule has 0 saturated heterocycles. The van der Waals surface area contributed by atoms with Gasteiger partial charge in [-0.3, -0.25) is 0 Å². The topological polar surface area (TPSA) is 53.6 Å². The summed E-state index contributed by atoms with van der Waals surface area (Å²) in [5, 5.41) is 4.51. The molecule has 2 heterocycles. The van der Waals surface area contributed by atoms with Gasteiger partial charge in [0.2, 0.25) is 0 Å². The lowest BCUT2D eigenvalue weighted by molar-refractivity contribution is 1.19. The van der Waals surface area contributed by atoms with Crippen LogP contribution in [0, 0.1) is 20.8 Å². The van der Waals surface area contributed by atoms with Crippen molar-refractivity contribution in [3.63, 3.8) is 0 Å². The molecule has 0 atom stereocenters. The van der Waals surface area contributed by atoms with E-state index in [-0.39, 0.29) is 0 Å². The van der Waals surface area contributed by atoms with Gasteiger partial charge in [-0.15, -0.1) is 0 Å². The molecule has 2 aromatic carbocycles. The molecule has 0 spiro atoms. The number of H-pyrrole nitrogens is 1. The van der Waals surface area contributed by atoms with Crippen molar-refractivity contribution in [1.29, 1.82) is 0 Å². The standard InChI is InChI=1S/C21H20N4/c1-13-9-10-14(2)18(11-13)23-21-17-12-15(3)22-20(17)24-19(25-21)16-7-5-4-6-8-16/h4-12H,1-3H3,(H2,22,23,24,25). The summed E-state index contributed by atoms with van der Waals surface area (Å²) >= 11 is 0. The van der Waals surface area contributed by atoms with E-state index in [2.05, 4.69) is 48.4 Å². The van der Waals surface area contributed by atoms with Gasteiger partial charge in [-0.2, -0.15) is 0 Å². The van der Waals surface area contributed by atoms with Crippen LogP contribution in [0.15, 0.2) is 54.6 Å². The maximum absolute atomic E-state index is 4.81. The van der Waals surface area contributed by atoms with Crippen LogP contribution in [-0.2, 0) is 0 Å². The third-order valence-electron chi connectivity index (χ3n) is 4.30. The summed E-state index contributed by atoms with van der Waals surface area (Å²) in [5.74, 6) is 1.53. The molecule has 124 valence electrons. The van der Waals surface area contributed by atoms with E-state index < -0.39 is 0 Å². The smallest absolute Gasteiger partial charge is 0.163 e. The SMILES string of the molecule is Cc1ccc(C)c(Nc2nc(-c3ccccc3)nc3[nH]c(C)cc23)c1. The Morgan fingerprint density at radius 3 is 2.48 bits per heavy atom. The molecule has 0 amide bonds. The average molecular weight is 328 g/mol. The highest BCUT2D eigenvalue weighted by atomic mass is 15.1. The highest BCUT2D eigenvalue weighted by Gasteiger charge is 2.12. The van der Waals surface area contributed by atoms with Gasteiger partial charge in [0.25, 0.3) is 0 Å². The molecule has 4 nitrogen and oxygen atoms in total. The number of anilines is 2. The van der Waals surface area contributed by atoms with Crippen LogP contribution in [-0.4, -0.2) is 15.0 Å². The highest BCUT2D eigenvalue weighted by molar-refractivity contribution is 5.91. The van der Waals surface area contributed by atoms with Gasteiger partial charge in [-0.05, 0) is 44.0 Å². The lowest BCUT2D eigenvalue weighted by Gasteiger charge is -2.12. The lowest BCUT2D eigenvalue weighted by Crippen LogP contribution is -2.00. The Labute approximate surface area is 147 Å². The molecule has 25 heavy (non-hydrogen) atoms. The van der Waals surface area contributed by atoms with Crippen molar-refractivity contribution in [3.8, 4) is 11.4 Å². The van der Waals surface area contributed by atoms with Gasteiger partial charge in [0.05, 0.1) is 5.39 Å². The molecule has 0 radical (unpaired) electrons. The first-order valence-corrected chi connectivity index (χ1v) is 8.37. The number of benzene rings is 2. The molecule has 2 N–H and O–H groups in total. The fourth-order valence-corrected chi connectivity index (χ4v) is 2.95. The predicted octanol–water partition coefficient (Wildman–Crippen LogP) is 5.29. The molecule has 4 rings (SSSR count). The Bertz CT molecular complexity index is 1050. The summed E-state index contributed by atoms with van der Waals surface area (Å²) in [6.45, 7) is 6.22. The Morgan fingerprint density at radius 1 is 0.880 bits per heavy atom. The minimum absolute atomic E-state index is 0.711. The third-order valence-corrected chi connectivity index (χ3v) is 4.30. The molecule has 4 aromatic rings. The van der Waals surface area contributed by atoms with E-state index in [9.17, 15) is 0 Å². The third kappa shape index (κ3) is 2.98. The minimum atomic E-state index is 0.711. The van der Waals surface area contributed by atoms with Crippen molar-refractivity contribution in [2.75, 3.05) is 5.32 Å². The van der Waals surface area contributed by atoms with Crippen molar-refractivity contribution in [2.45, 2.75) is 20.8 Å². The molecule has 0 saturated carbocycles. The second-order valence-corrected chi connectivity index (χ2v) is 6.42. The number of aromatic amines is 1. The highest BCUT2D eigenvalue weighted by Crippen LogP contribution is 2.29. The summed E-state index contributed by atoms with van der Waals surface area (Å²) < 4.78 is 0. The van der Waals surface area contributed by atoms with Gasteiger partial charge in [0.1, 0.15) is 11.5 Å². The number of hydrogen-bond acceptors (Lipinski definition) is 3. The summed E-state index contributed by atoms with van der Waals surface area (Å²) in [7, 11) is 0. The van der Waals surface area contributed by atoms with Gasteiger partial charge in [-0.25, -0.2) is 9.97 Å². The van der Waals surface area contributed by atoms with Gasteiger partial charge in [0, 0.05) is 16.9 Å². The summed E-state index contributed by atoms with van der Waals surface area (Å²) in [6.07, 6.45) is 0. The maximum Gasteiger partial charge on any atom is 0.163 e. The minimum Gasteiger partial charge on any atom is -0.343 e. The van der Waals surface area contributed by atoms with Crippen LogP contribution in [0.2, 0.25) is 0 Å². The number of nitrogens with zero attached hydrogens (tertiary/aromatic N) is 2. The Hall–Kier alpha value is -3.14. The number of rotatable bonds is 3. The first-order valence-electron chi connectivity index (χ1n) is 8.37. The Balaban J connectivity index is 1.88. The van der Waals surface area contributed by atoms with Crippen molar-refractivity contribution in [3.05, 3.63) is 71.4 Å². The normalized spacial score (nSPS) is 11.0. The van der Waals surface area contributed by atoms with Crippen molar-refractivity contribution in [2.24, 2.45) is 0 Å². The van der Waals surface area contributed by atoms with Crippen molar-refractivity contribution >= 4 is 22.5 Å². The average Bonchev–Trinajstić information content (AvgIpc) is 2.99. The van der Waals surface area contributed by atoms with E-state index in [1.807, 2.05) is 37.3 Å². The maximum atomic E-state index is 4.81. The van der Waals surface area contributed by atoms with E-state index in [1.54, 1.807) is 0 Å². The number of fused-ring (bicyclic) bond motifs is 1. The number of hydrogen-bond donors (Lipinski definition) is 2. The number of nitrogens with one attached hydrogen (secondary N) is 2. The van der Waals surface area contributed by atoms with E-state index >= 15 is 0 Å². The zero-order valence-electron chi connectivity index (χ0n) is 14.6. The van der Waals surface area contributed by atoms with Crippen LogP contribution < -0.4 is 5.32 Å². The van der Waals surface area contributed by atoms with E-state index in [0.717, 1.165) is 33.8 Å². The van der Waals surface area contributed by atoms with Gasteiger partial charge in [0.15, 0.2) is 5.82 Å². The van der Waals surface area contributed by atoms with Gasteiger partial charge < -0.3 is 10.3 Å². The van der Waals surface area contributed by atoms with E-state index in [1.165, 1.54) is 11.1 Å². The van der Waals surface area contributed by atoms with E-state index in [0.29, 0.717) is 5.82 Å². The molecule has 0 aliphatic heterocycles. The number of aryl methyl sites for hydroxylation is 3. The summed E-state index contributed by atoms with van der Waals surface area (Å²) in [5.41, 5.74) is 6.38. The largest absolute Gasteiger partial charge is 0.343 e. The second kappa shape index (κ2) is 6.06. The zero-order chi connectivity index (χ0) is 17.4. The van der Waals surface area contributed by atoms with Crippen molar-refractivity contribution < 1.29 is 0 Å². The molecule has 0 bridgehead atoms. The zero-order valence-corrected chi connectivity index (χ0v) is 14.6. The summed E-state index contributed by atoms with van der Waals surface area (Å²) in [6, 6.07) is 18.5. The fraction of sp³-hybridized carbons (Fsp3) is 0.143. The molecule has 2 aromatic heterocycles. The van der Waals surface area contributed by atoms with Crippen LogP contribution in [0.3, 0.4) is 0 Å². The molecular formula is C21H20N4. The van der Waals surface area contributed by atoms with Gasteiger partial charge >= 0.3 is 0 Å². The van der Waals surface area contributed by atoms with Gasteiger partial charge in [-0.1, -0.05) is 42.5 Å². The van der Waals surface area contributed by atoms with Crippen LogP contribution in [0.5, 0.6) is 0 Å². The first kappa shape index (κ1) is 15.4. The first-order chi connectivity index (χ1) is 12.1. The van der Waals surface area contributed by atoms with Crippen molar-refractivity contribution in [1.82, 2.24) is 15.0 Å². The fourth-order valence-electron chi connectivity index (χ4n) is 2.95. The molecule has 0 fully saturated rings. The Morgan fingerprint density at radius 2 is 1.68 bits per heavy atom. The van der Waals surface area contributed by atoms with Crippen LogP contribution in [0.25, 0.3) is 22.4 Å². The Kier molecular flexibility index (Phi) is 3.73. The quantitative estimate of drug-likeness (QED) is 0.537.